The van der Waals surface area contributed by atoms with Crippen molar-refractivity contribution in [1.29, 1.82) is 0 Å². The normalized spacial score (nSPS) is 13.3. The fraction of sp³-hybridized carbons (Fsp3) is 0.462. The van der Waals surface area contributed by atoms with Gasteiger partial charge in [-0.15, -0.1) is 0 Å². The van der Waals surface area contributed by atoms with Gasteiger partial charge in [-0.05, 0) is 16.5 Å². The zero-order valence-corrected chi connectivity index (χ0v) is 10.2. The fourth-order valence-electron chi connectivity index (χ4n) is 1.41. The van der Waals surface area contributed by atoms with E-state index in [2.05, 4.69) is 25.5 Å². The number of aliphatic hydroxyl groups is 1. The van der Waals surface area contributed by atoms with Crippen LogP contribution in [-0.2, 0) is 14.9 Å². The third-order valence-electron chi connectivity index (χ3n) is 2.52. The molecule has 0 radical (unpaired) electrons. The van der Waals surface area contributed by atoms with E-state index in [1.54, 1.807) is 12.1 Å². The molecule has 0 aliphatic rings. The molecule has 0 saturated carbocycles. The van der Waals surface area contributed by atoms with E-state index in [0.29, 0.717) is 5.56 Å². The molecule has 0 spiro atoms. The van der Waals surface area contributed by atoms with Gasteiger partial charge in [0, 0.05) is 0 Å². The molecule has 0 aromatic heterocycles. The van der Waals surface area contributed by atoms with Crippen molar-refractivity contribution in [2.45, 2.75) is 32.3 Å². The van der Waals surface area contributed by atoms with Crippen LogP contribution in [0.4, 0.5) is 0 Å². The van der Waals surface area contributed by atoms with Gasteiger partial charge in [0.05, 0.1) is 7.11 Å². The molecule has 1 atom stereocenters. The number of hydrogen-bond acceptors (Lipinski definition) is 3. The molecule has 0 heterocycles. The fourth-order valence-corrected chi connectivity index (χ4v) is 1.41. The maximum Gasteiger partial charge on any atom is 0.339 e. The third kappa shape index (κ3) is 2.83. The summed E-state index contributed by atoms with van der Waals surface area (Å²) in [5.74, 6) is -0.636. The lowest BCUT2D eigenvalue weighted by atomic mass is 9.86. The molecule has 3 nitrogen and oxygen atoms in total. The average Bonchev–Trinajstić information content (AvgIpc) is 2.26. The van der Waals surface area contributed by atoms with Gasteiger partial charge < -0.3 is 9.84 Å². The highest BCUT2D eigenvalue weighted by molar-refractivity contribution is 5.76. The van der Waals surface area contributed by atoms with Crippen LogP contribution >= 0.6 is 0 Å². The molecule has 0 aliphatic carbocycles. The predicted molar refractivity (Wildman–Crippen MR) is 62.1 cm³/mol. The van der Waals surface area contributed by atoms with Crippen molar-refractivity contribution in [2.24, 2.45) is 0 Å². The van der Waals surface area contributed by atoms with Gasteiger partial charge >= 0.3 is 5.97 Å². The first-order valence-electron chi connectivity index (χ1n) is 5.22. The molecule has 3 heteroatoms. The van der Waals surface area contributed by atoms with E-state index in [1.165, 1.54) is 7.11 Å². The molecule has 0 amide bonds. The van der Waals surface area contributed by atoms with Gasteiger partial charge in [0.15, 0.2) is 6.10 Å². The van der Waals surface area contributed by atoms with Crippen molar-refractivity contribution in [3.8, 4) is 0 Å². The summed E-state index contributed by atoms with van der Waals surface area (Å²) >= 11 is 0. The Balaban J connectivity index is 2.91. The quantitative estimate of drug-likeness (QED) is 0.780. The van der Waals surface area contributed by atoms with E-state index in [0.717, 1.165) is 5.56 Å². The first kappa shape index (κ1) is 12.7. The molecule has 1 rings (SSSR count). The zero-order chi connectivity index (χ0) is 12.3. The van der Waals surface area contributed by atoms with E-state index < -0.39 is 12.1 Å². The summed E-state index contributed by atoms with van der Waals surface area (Å²) in [6, 6.07) is 7.34. The van der Waals surface area contributed by atoms with E-state index in [-0.39, 0.29) is 5.41 Å². The Hall–Kier alpha value is -1.35. The molecule has 1 aromatic carbocycles. The van der Waals surface area contributed by atoms with E-state index in [1.807, 2.05) is 12.1 Å². The molecule has 0 fully saturated rings. The van der Waals surface area contributed by atoms with Crippen LogP contribution in [0.2, 0.25) is 0 Å². The van der Waals surface area contributed by atoms with Crippen molar-refractivity contribution >= 4 is 5.97 Å². The maximum atomic E-state index is 11.1. The number of carbonyl (C=O) groups is 1. The minimum absolute atomic E-state index is 0.0642. The summed E-state index contributed by atoms with van der Waals surface area (Å²) in [5, 5.41) is 9.61. The summed E-state index contributed by atoms with van der Waals surface area (Å²) < 4.78 is 4.47. The van der Waals surface area contributed by atoms with Gasteiger partial charge in [-0.1, -0.05) is 45.0 Å². The minimum Gasteiger partial charge on any atom is -0.467 e. The zero-order valence-electron chi connectivity index (χ0n) is 10.2. The first-order chi connectivity index (χ1) is 7.36. The number of aliphatic hydroxyl groups excluding tert-OH is 1. The molecule has 0 unspecified atom stereocenters. The van der Waals surface area contributed by atoms with Crippen molar-refractivity contribution in [3.63, 3.8) is 0 Å². The second-order valence-electron chi connectivity index (χ2n) is 4.80. The predicted octanol–water partition coefficient (Wildman–Crippen LogP) is 2.19. The highest BCUT2D eigenvalue weighted by Gasteiger charge is 2.19. The summed E-state index contributed by atoms with van der Waals surface area (Å²) in [5.41, 5.74) is 1.78. The van der Waals surface area contributed by atoms with Crippen LogP contribution in [0.15, 0.2) is 24.3 Å². The molecule has 1 N–H and O–H groups in total. The van der Waals surface area contributed by atoms with Crippen LogP contribution in [0.3, 0.4) is 0 Å². The molecule has 0 aliphatic heterocycles. The van der Waals surface area contributed by atoms with Gasteiger partial charge in [-0.2, -0.15) is 0 Å². The Kier molecular flexibility index (Phi) is 3.70. The number of esters is 1. The lowest BCUT2D eigenvalue weighted by Gasteiger charge is -2.19. The van der Waals surface area contributed by atoms with Crippen LogP contribution in [-0.4, -0.2) is 18.2 Å². The monoisotopic (exact) mass is 222 g/mol. The number of rotatable bonds is 2. The van der Waals surface area contributed by atoms with Crippen LogP contribution in [0.1, 0.15) is 38.0 Å². The van der Waals surface area contributed by atoms with Crippen molar-refractivity contribution in [3.05, 3.63) is 35.4 Å². The standard InChI is InChI=1S/C13H18O3/c1-13(2,3)10-7-5-9(6-8-10)11(14)12(15)16-4/h5-8,11,14H,1-4H3/t11-/m0/s1. The maximum absolute atomic E-state index is 11.1. The number of carbonyl (C=O) groups excluding carboxylic acids is 1. The summed E-state index contributed by atoms with van der Waals surface area (Å²) in [6.07, 6.45) is -1.20. The second kappa shape index (κ2) is 4.66. The highest BCUT2D eigenvalue weighted by Crippen LogP contribution is 2.24. The topological polar surface area (TPSA) is 46.5 Å². The third-order valence-corrected chi connectivity index (χ3v) is 2.52. The Bertz CT molecular complexity index is 360. The highest BCUT2D eigenvalue weighted by atomic mass is 16.5. The smallest absolute Gasteiger partial charge is 0.339 e. The average molecular weight is 222 g/mol. The minimum atomic E-state index is -1.20. The molecular formula is C13H18O3. The lowest BCUT2D eigenvalue weighted by Crippen LogP contribution is -2.15. The SMILES string of the molecule is COC(=O)[C@@H](O)c1ccc(C(C)(C)C)cc1. The Morgan fingerprint density at radius 3 is 2.12 bits per heavy atom. The van der Waals surface area contributed by atoms with Gasteiger partial charge in [0.1, 0.15) is 0 Å². The molecule has 1 aromatic rings. The van der Waals surface area contributed by atoms with E-state index in [9.17, 15) is 9.90 Å². The first-order valence-corrected chi connectivity index (χ1v) is 5.22. The Labute approximate surface area is 96.1 Å². The molecule has 0 saturated heterocycles. The van der Waals surface area contributed by atoms with Crippen molar-refractivity contribution in [2.75, 3.05) is 7.11 Å². The van der Waals surface area contributed by atoms with Gasteiger partial charge in [0.25, 0.3) is 0 Å². The van der Waals surface area contributed by atoms with Crippen LogP contribution < -0.4 is 0 Å². The van der Waals surface area contributed by atoms with Gasteiger partial charge in [-0.3, -0.25) is 0 Å². The largest absolute Gasteiger partial charge is 0.467 e. The molecule has 88 valence electrons. The molecule has 0 bridgehead atoms. The summed E-state index contributed by atoms with van der Waals surface area (Å²) in [7, 11) is 1.26. The van der Waals surface area contributed by atoms with E-state index >= 15 is 0 Å². The second-order valence-corrected chi connectivity index (χ2v) is 4.80. The Morgan fingerprint density at radius 1 is 1.25 bits per heavy atom. The van der Waals surface area contributed by atoms with Gasteiger partial charge in [0.2, 0.25) is 0 Å². The van der Waals surface area contributed by atoms with Crippen LogP contribution in [0.5, 0.6) is 0 Å². The molecule has 16 heavy (non-hydrogen) atoms. The number of methoxy groups -OCH3 is 1. The van der Waals surface area contributed by atoms with Crippen LogP contribution in [0, 0.1) is 0 Å². The molecular weight excluding hydrogens is 204 g/mol. The Morgan fingerprint density at radius 2 is 1.75 bits per heavy atom. The number of ether oxygens (including phenoxy) is 1. The van der Waals surface area contributed by atoms with E-state index in [4.69, 9.17) is 0 Å². The summed E-state index contributed by atoms with van der Waals surface area (Å²) in [4.78, 5) is 11.1. The summed E-state index contributed by atoms with van der Waals surface area (Å²) in [6.45, 7) is 6.33. The number of benzene rings is 1. The van der Waals surface area contributed by atoms with Crippen LogP contribution in [0.25, 0.3) is 0 Å². The lowest BCUT2D eigenvalue weighted by molar-refractivity contribution is -0.150. The van der Waals surface area contributed by atoms with Gasteiger partial charge in [-0.25, -0.2) is 4.79 Å². The van der Waals surface area contributed by atoms with Crippen molar-refractivity contribution in [1.82, 2.24) is 0 Å². The van der Waals surface area contributed by atoms with Crippen molar-refractivity contribution < 1.29 is 14.6 Å². The number of hydrogen-bond donors (Lipinski definition) is 1.